The van der Waals surface area contributed by atoms with Crippen molar-refractivity contribution < 1.29 is 9.90 Å². The van der Waals surface area contributed by atoms with E-state index in [1.165, 1.54) is 6.21 Å². The summed E-state index contributed by atoms with van der Waals surface area (Å²) in [6.45, 7) is 0. The van der Waals surface area contributed by atoms with Gasteiger partial charge >= 0.3 is 0 Å². The third-order valence-electron chi connectivity index (χ3n) is 2.62. The fourth-order valence-corrected chi connectivity index (χ4v) is 1.93. The zero-order chi connectivity index (χ0) is 14.4. The van der Waals surface area contributed by atoms with E-state index in [1.54, 1.807) is 24.3 Å². The quantitative estimate of drug-likeness (QED) is 0.487. The number of rotatable bonds is 4. The molecule has 2 N–H and O–H groups in total. The van der Waals surface area contributed by atoms with Crippen LogP contribution in [-0.2, 0) is 4.79 Å². The molecule has 2 aromatic carbocycles. The highest BCUT2D eigenvalue weighted by Crippen LogP contribution is 2.11. The van der Waals surface area contributed by atoms with Gasteiger partial charge in [0.15, 0.2) is 6.10 Å². The molecule has 0 unspecified atom stereocenters. The number of nitrogens with one attached hydrogen (secondary N) is 1. The summed E-state index contributed by atoms with van der Waals surface area (Å²) in [7, 11) is 0. The highest BCUT2D eigenvalue weighted by atomic mass is 127. The molecule has 1 atom stereocenters. The van der Waals surface area contributed by atoms with Crippen molar-refractivity contribution in [3.8, 4) is 0 Å². The van der Waals surface area contributed by atoms with E-state index >= 15 is 0 Å². The van der Waals surface area contributed by atoms with Crippen molar-refractivity contribution >= 4 is 34.7 Å². The fourth-order valence-electron chi connectivity index (χ4n) is 1.57. The normalized spacial score (nSPS) is 12.3. The molecule has 0 spiro atoms. The van der Waals surface area contributed by atoms with Crippen LogP contribution in [0.25, 0.3) is 0 Å². The molecule has 0 fully saturated rings. The Labute approximate surface area is 130 Å². The number of halogens is 1. The molecule has 0 aromatic heterocycles. The van der Waals surface area contributed by atoms with Gasteiger partial charge < -0.3 is 5.11 Å². The first-order valence-electron chi connectivity index (χ1n) is 5.98. The highest BCUT2D eigenvalue weighted by Gasteiger charge is 2.15. The first-order chi connectivity index (χ1) is 9.66. The minimum atomic E-state index is -1.22. The zero-order valence-electron chi connectivity index (χ0n) is 10.5. The number of carbonyl (C=O) groups is 1. The molecule has 2 aromatic rings. The molecule has 4 nitrogen and oxygen atoms in total. The molecule has 0 aliphatic carbocycles. The number of benzene rings is 2. The molecule has 0 aliphatic rings. The number of nitrogens with zero attached hydrogens (tertiary/aromatic N) is 1. The summed E-state index contributed by atoms with van der Waals surface area (Å²) in [6, 6.07) is 16.4. The molecule has 5 heteroatoms. The number of hydrogen-bond donors (Lipinski definition) is 2. The molecular formula is C15H13IN2O2. The summed E-state index contributed by atoms with van der Waals surface area (Å²) in [4.78, 5) is 11.7. The van der Waals surface area contributed by atoms with Crippen LogP contribution >= 0.6 is 22.6 Å². The fraction of sp³-hybridized carbons (Fsp3) is 0.0667. The Kier molecular flexibility index (Phi) is 5.25. The first kappa shape index (κ1) is 14.7. The van der Waals surface area contributed by atoms with Crippen LogP contribution in [0.3, 0.4) is 0 Å². The SMILES string of the molecule is O=C(N/N=C\c1ccc(I)cc1)[C@H](O)c1ccccc1. The van der Waals surface area contributed by atoms with E-state index < -0.39 is 12.0 Å². The molecule has 0 saturated carbocycles. The van der Waals surface area contributed by atoms with Crippen LogP contribution in [0.15, 0.2) is 59.7 Å². The van der Waals surface area contributed by atoms with E-state index in [2.05, 4.69) is 33.1 Å². The first-order valence-corrected chi connectivity index (χ1v) is 7.06. The third-order valence-corrected chi connectivity index (χ3v) is 3.34. The molecular weight excluding hydrogens is 367 g/mol. The Morgan fingerprint density at radius 2 is 1.80 bits per heavy atom. The third kappa shape index (κ3) is 4.14. The summed E-state index contributed by atoms with van der Waals surface area (Å²) in [5, 5.41) is 13.7. The largest absolute Gasteiger partial charge is 0.378 e. The van der Waals surface area contributed by atoms with E-state index in [1.807, 2.05) is 30.3 Å². The van der Waals surface area contributed by atoms with Crippen molar-refractivity contribution in [2.45, 2.75) is 6.10 Å². The lowest BCUT2D eigenvalue weighted by Gasteiger charge is -2.08. The topological polar surface area (TPSA) is 61.7 Å². The lowest BCUT2D eigenvalue weighted by molar-refractivity contribution is -0.129. The zero-order valence-corrected chi connectivity index (χ0v) is 12.7. The number of aliphatic hydroxyl groups excluding tert-OH is 1. The van der Waals surface area contributed by atoms with E-state index in [-0.39, 0.29) is 0 Å². The van der Waals surface area contributed by atoms with Crippen LogP contribution in [0.1, 0.15) is 17.2 Å². The molecule has 0 saturated heterocycles. The predicted molar refractivity (Wildman–Crippen MR) is 86.3 cm³/mol. The maximum atomic E-state index is 11.7. The Hall–Kier alpha value is -1.73. The van der Waals surface area contributed by atoms with Crippen LogP contribution in [-0.4, -0.2) is 17.2 Å². The number of carbonyl (C=O) groups excluding carboxylic acids is 1. The van der Waals surface area contributed by atoms with Crippen molar-refractivity contribution in [2.24, 2.45) is 5.10 Å². The van der Waals surface area contributed by atoms with E-state index in [4.69, 9.17) is 0 Å². The molecule has 0 heterocycles. The second kappa shape index (κ2) is 7.16. The van der Waals surface area contributed by atoms with Gasteiger partial charge in [-0.1, -0.05) is 42.5 Å². The Morgan fingerprint density at radius 3 is 2.45 bits per heavy atom. The Bertz CT molecular complexity index is 597. The standard InChI is InChI=1S/C15H13IN2O2/c16-13-8-6-11(7-9-13)10-17-18-15(20)14(19)12-4-2-1-3-5-12/h1-10,14,19H,(H,18,20)/b17-10-/t14-/m1/s1. The summed E-state index contributed by atoms with van der Waals surface area (Å²) in [5.74, 6) is -0.557. The average Bonchev–Trinajstić information content (AvgIpc) is 2.49. The van der Waals surface area contributed by atoms with E-state index in [0.717, 1.165) is 9.13 Å². The maximum absolute atomic E-state index is 11.7. The number of amides is 1. The number of hydrazone groups is 1. The van der Waals surface area contributed by atoms with Gasteiger partial charge in [-0.05, 0) is 45.9 Å². The van der Waals surface area contributed by atoms with Gasteiger partial charge in [0.05, 0.1) is 6.21 Å². The number of aliphatic hydroxyl groups is 1. The van der Waals surface area contributed by atoms with Crippen molar-refractivity contribution in [3.05, 3.63) is 69.3 Å². The smallest absolute Gasteiger partial charge is 0.273 e. The van der Waals surface area contributed by atoms with Crippen LogP contribution < -0.4 is 5.43 Å². The average molecular weight is 380 g/mol. The molecule has 0 bridgehead atoms. The van der Waals surface area contributed by atoms with Crippen LogP contribution in [0.5, 0.6) is 0 Å². The van der Waals surface area contributed by atoms with Crippen molar-refractivity contribution in [3.63, 3.8) is 0 Å². The van der Waals surface area contributed by atoms with Crippen LogP contribution in [0, 0.1) is 3.57 Å². The summed E-state index contributed by atoms with van der Waals surface area (Å²) in [6.07, 6.45) is 0.316. The van der Waals surface area contributed by atoms with Gasteiger partial charge in [-0.2, -0.15) is 5.10 Å². The molecule has 20 heavy (non-hydrogen) atoms. The predicted octanol–water partition coefficient (Wildman–Crippen LogP) is 2.47. The van der Waals surface area contributed by atoms with Crippen molar-refractivity contribution in [1.82, 2.24) is 5.43 Å². The highest BCUT2D eigenvalue weighted by molar-refractivity contribution is 14.1. The molecule has 1 amide bonds. The van der Waals surface area contributed by atoms with Crippen molar-refractivity contribution in [1.29, 1.82) is 0 Å². The molecule has 2 rings (SSSR count). The Balaban J connectivity index is 1.93. The van der Waals surface area contributed by atoms with Crippen LogP contribution in [0.2, 0.25) is 0 Å². The van der Waals surface area contributed by atoms with Gasteiger partial charge in [0.1, 0.15) is 0 Å². The molecule has 0 aliphatic heterocycles. The van der Waals surface area contributed by atoms with Gasteiger partial charge in [-0.3, -0.25) is 4.79 Å². The summed E-state index contributed by atoms with van der Waals surface area (Å²) >= 11 is 2.21. The maximum Gasteiger partial charge on any atom is 0.273 e. The minimum Gasteiger partial charge on any atom is -0.378 e. The number of hydrogen-bond acceptors (Lipinski definition) is 3. The van der Waals surface area contributed by atoms with E-state index in [9.17, 15) is 9.90 Å². The van der Waals surface area contributed by atoms with Crippen LogP contribution in [0.4, 0.5) is 0 Å². The van der Waals surface area contributed by atoms with Gasteiger partial charge in [0, 0.05) is 3.57 Å². The van der Waals surface area contributed by atoms with E-state index in [0.29, 0.717) is 5.56 Å². The van der Waals surface area contributed by atoms with Crippen molar-refractivity contribution in [2.75, 3.05) is 0 Å². The second-order valence-electron chi connectivity index (χ2n) is 4.10. The van der Waals surface area contributed by atoms with Gasteiger partial charge in [-0.25, -0.2) is 5.43 Å². The van der Waals surface area contributed by atoms with Gasteiger partial charge in [-0.15, -0.1) is 0 Å². The minimum absolute atomic E-state index is 0.537. The van der Waals surface area contributed by atoms with Gasteiger partial charge in [0.2, 0.25) is 0 Å². The second-order valence-corrected chi connectivity index (χ2v) is 5.34. The molecule has 0 radical (unpaired) electrons. The summed E-state index contributed by atoms with van der Waals surface area (Å²) in [5.41, 5.74) is 3.73. The summed E-state index contributed by atoms with van der Waals surface area (Å²) < 4.78 is 1.13. The lowest BCUT2D eigenvalue weighted by atomic mass is 10.1. The molecule has 102 valence electrons. The Morgan fingerprint density at radius 1 is 1.15 bits per heavy atom. The van der Waals surface area contributed by atoms with Gasteiger partial charge in [0.25, 0.3) is 5.91 Å². The lowest BCUT2D eigenvalue weighted by Crippen LogP contribution is -2.25. The monoisotopic (exact) mass is 380 g/mol.